The van der Waals surface area contributed by atoms with Gasteiger partial charge in [-0.3, -0.25) is 9.59 Å². The molecule has 0 radical (unpaired) electrons. The molecule has 92 valence electrons. The highest BCUT2D eigenvalue weighted by Gasteiger charge is 2.22. The summed E-state index contributed by atoms with van der Waals surface area (Å²) in [5.74, 6) is -1.97. The van der Waals surface area contributed by atoms with Gasteiger partial charge in [-0.15, -0.1) is 0 Å². The zero-order valence-corrected chi connectivity index (χ0v) is 9.91. The van der Waals surface area contributed by atoms with Crippen molar-refractivity contribution >= 4 is 28.8 Å². The van der Waals surface area contributed by atoms with Crippen LogP contribution in [-0.2, 0) is 14.4 Å². The first-order valence-electron chi connectivity index (χ1n) is 4.65. The van der Waals surface area contributed by atoms with Gasteiger partial charge < -0.3 is 15.5 Å². The van der Waals surface area contributed by atoms with Crippen LogP contribution >= 0.6 is 11.8 Å². The summed E-state index contributed by atoms with van der Waals surface area (Å²) in [6, 6.07) is -1.29. The zero-order chi connectivity index (χ0) is 12.7. The number of rotatable bonds is 6. The third-order valence-electron chi connectivity index (χ3n) is 1.78. The van der Waals surface area contributed by atoms with Gasteiger partial charge >= 0.3 is 5.97 Å². The largest absolute Gasteiger partial charge is 0.480 e. The number of nitrogens with one attached hydrogen (secondary N) is 1. The first-order valence-corrected chi connectivity index (χ1v) is 5.64. The second kappa shape index (κ2) is 7.24. The van der Waals surface area contributed by atoms with E-state index in [1.807, 2.05) is 0 Å². The van der Waals surface area contributed by atoms with Gasteiger partial charge in [0.15, 0.2) is 5.12 Å². The Morgan fingerprint density at radius 2 is 1.94 bits per heavy atom. The van der Waals surface area contributed by atoms with Gasteiger partial charge in [0.1, 0.15) is 6.04 Å². The molecule has 0 aliphatic carbocycles. The number of carboxylic acid groups (broad SMARTS) is 1. The van der Waals surface area contributed by atoms with E-state index < -0.39 is 30.4 Å². The number of aliphatic hydroxyl groups excluding tert-OH is 1. The summed E-state index contributed by atoms with van der Waals surface area (Å²) in [5, 5.41) is 19.4. The summed E-state index contributed by atoms with van der Waals surface area (Å²) in [6.07, 6.45) is 0. The smallest absolute Gasteiger partial charge is 0.328 e. The van der Waals surface area contributed by atoms with Crippen LogP contribution in [0.25, 0.3) is 0 Å². The van der Waals surface area contributed by atoms with Crippen molar-refractivity contribution in [1.29, 1.82) is 0 Å². The maximum Gasteiger partial charge on any atom is 0.328 e. The minimum Gasteiger partial charge on any atom is -0.480 e. The van der Waals surface area contributed by atoms with Crippen molar-refractivity contribution in [1.82, 2.24) is 5.32 Å². The molecule has 6 nitrogen and oxygen atoms in total. The number of aliphatic hydroxyl groups is 1. The molecule has 7 heteroatoms. The number of aliphatic carboxylic acids is 1. The van der Waals surface area contributed by atoms with Crippen LogP contribution in [0.4, 0.5) is 0 Å². The predicted octanol–water partition coefficient (Wildman–Crippen LogP) is -0.536. The molecule has 3 N–H and O–H groups in total. The van der Waals surface area contributed by atoms with Crippen LogP contribution in [0.3, 0.4) is 0 Å². The molecule has 16 heavy (non-hydrogen) atoms. The van der Waals surface area contributed by atoms with Crippen LogP contribution in [0.1, 0.15) is 13.8 Å². The Labute approximate surface area is 97.4 Å². The van der Waals surface area contributed by atoms with E-state index in [0.29, 0.717) is 5.75 Å². The fourth-order valence-corrected chi connectivity index (χ4v) is 1.45. The molecule has 2 atom stereocenters. The van der Waals surface area contributed by atoms with Crippen molar-refractivity contribution in [2.75, 3.05) is 12.4 Å². The average Bonchev–Trinajstić information content (AvgIpc) is 2.21. The molecule has 0 saturated carbocycles. The maximum absolute atomic E-state index is 11.4. The molecule has 0 spiro atoms. The summed E-state index contributed by atoms with van der Waals surface area (Å²) in [5.41, 5.74) is 0. The molecule has 1 unspecified atom stereocenters. The lowest BCUT2D eigenvalue weighted by molar-refractivity contribution is -0.143. The van der Waals surface area contributed by atoms with E-state index >= 15 is 0 Å². The van der Waals surface area contributed by atoms with E-state index in [4.69, 9.17) is 10.2 Å². The van der Waals surface area contributed by atoms with E-state index in [9.17, 15) is 14.4 Å². The highest BCUT2D eigenvalue weighted by atomic mass is 32.2. The normalized spacial score (nSPS) is 13.9. The van der Waals surface area contributed by atoms with E-state index in [1.54, 1.807) is 6.92 Å². The molecule has 0 heterocycles. The van der Waals surface area contributed by atoms with Crippen molar-refractivity contribution in [2.45, 2.75) is 19.9 Å². The van der Waals surface area contributed by atoms with E-state index in [1.165, 1.54) is 6.92 Å². The van der Waals surface area contributed by atoms with Gasteiger partial charge in [0.2, 0.25) is 5.91 Å². The van der Waals surface area contributed by atoms with E-state index in [2.05, 4.69) is 5.32 Å². The highest BCUT2D eigenvalue weighted by molar-refractivity contribution is 8.13. The van der Waals surface area contributed by atoms with Crippen molar-refractivity contribution < 1.29 is 24.6 Å². The predicted molar refractivity (Wildman–Crippen MR) is 59.0 cm³/mol. The van der Waals surface area contributed by atoms with Crippen LogP contribution in [0.5, 0.6) is 0 Å². The minimum absolute atomic E-state index is 0.100. The van der Waals surface area contributed by atoms with Crippen LogP contribution < -0.4 is 5.32 Å². The van der Waals surface area contributed by atoms with Gasteiger partial charge in [0.25, 0.3) is 0 Å². The second-order valence-corrected chi connectivity index (χ2v) is 4.48. The molecule has 0 aromatic carbocycles. The van der Waals surface area contributed by atoms with Crippen molar-refractivity contribution in [3.05, 3.63) is 0 Å². The van der Waals surface area contributed by atoms with E-state index in [-0.39, 0.29) is 5.12 Å². The number of amides is 1. The van der Waals surface area contributed by atoms with Gasteiger partial charge in [-0.05, 0) is 0 Å². The van der Waals surface area contributed by atoms with Crippen LogP contribution in [0.2, 0.25) is 0 Å². The summed E-state index contributed by atoms with van der Waals surface area (Å²) < 4.78 is 0. The zero-order valence-electron chi connectivity index (χ0n) is 9.10. The Balaban J connectivity index is 4.13. The third-order valence-corrected chi connectivity index (χ3v) is 2.85. The van der Waals surface area contributed by atoms with Crippen LogP contribution in [-0.4, -0.2) is 45.6 Å². The number of thioether (sulfide) groups is 1. The number of hydrogen-bond donors (Lipinski definition) is 3. The van der Waals surface area contributed by atoms with Crippen LogP contribution in [0.15, 0.2) is 0 Å². The molecule has 0 fully saturated rings. The summed E-state index contributed by atoms with van der Waals surface area (Å²) >= 11 is 1.00. The Morgan fingerprint density at radius 1 is 1.38 bits per heavy atom. The highest BCUT2D eigenvalue weighted by Crippen LogP contribution is 2.09. The average molecular weight is 249 g/mol. The summed E-state index contributed by atoms with van der Waals surface area (Å²) in [6.45, 7) is 2.32. The lowest BCUT2D eigenvalue weighted by atomic mass is 10.2. The molecular formula is C9H15NO5S. The van der Waals surface area contributed by atoms with Gasteiger partial charge in [0, 0.05) is 18.6 Å². The van der Waals surface area contributed by atoms with Crippen molar-refractivity contribution in [3.63, 3.8) is 0 Å². The topological polar surface area (TPSA) is 104 Å². The fourth-order valence-electron chi connectivity index (χ4n) is 0.817. The second-order valence-electron chi connectivity index (χ2n) is 3.29. The summed E-state index contributed by atoms with van der Waals surface area (Å²) in [7, 11) is 0. The van der Waals surface area contributed by atoms with Gasteiger partial charge in [-0.25, -0.2) is 4.79 Å². The number of carbonyl (C=O) groups excluding carboxylic acids is 2. The lowest BCUT2D eigenvalue weighted by Crippen LogP contribution is -2.45. The Bertz CT molecular complexity index is 281. The van der Waals surface area contributed by atoms with Crippen molar-refractivity contribution in [2.24, 2.45) is 5.92 Å². The number of carboxylic acids is 1. The fraction of sp³-hybridized carbons (Fsp3) is 0.667. The minimum atomic E-state index is -1.29. The number of carbonyl (C=O) groups is 3. The van der Waals surface area contributed by atoms with Crippen molar-refractivity contribution in [3.8, 4) is 0 Å². The van der Waals surface area contributed by atoms with E-state index in [0.717, 1.165) is 11.8 Å². The first-order chi connectivity index (χ1) is 7.38. The molecule has 1 amide bonds. The molecule has 0 saturated heterocycles. The standard InChI is InChI=1S/C9H15NO5S/c1-5(4-16-6(2)12)8(13)10-7(3-11)9(14)15/h5,7,11H,3-4H2,1-2H3,(H,10,13)(H,14,15)/t5?,7-/m0/s1. The lowest BCUT2D eigenvalue weighted by Gasteiger charge is -2.15. The van der Waals surface area contributed by atoms with Crippen LogP contribution in [0, 0.1) is 5.92 Å². The van der Waals surface area contributed by atoms with Gasteiger partial charge in [0.05, 0.1) is 6.61 Å². The maximum atomic E-state index is 11.4. The molecule has 0 rings (SSSR count). The molecule has 0 aliphatic heterocycles. The molecule has 0 aromatic rings. The summed E-state index contributed by atoms with van der Waals surface area (Å²) in [4.78, 5) is 32.6. The Morgan fingerprint density at radius 3 is 2.31 bits per heavy atom. The SMILES string of the molecule is CC(=O)SCC(C)C(=O)N[C@@H](CO)C(=O)O. The molecule has 0 aliphatic rings. The third kappa shape index (κ3) is 5.72. The monoisotopic (exact) mass is 249 g/mol. The first kappa shape index (κ1) is 14.9. The quantitative estimate of drug-likeness (QED) is 0.584. The molecular weight excluding hydrogens is 234 g/mol. The Hall–Kier alpha value is -1.08. The molecule has 0 aromatic heterocycles. The van der Waals surface area contributed by atoms with Gasteiger partial charge in [-0.2, -0.15) is 0 Å². The molecule has 0 bridgehead atoms. The van der Waals surface area contributed by atoms with Gasteiger partial charge in [-0.1, -0.05) is 18.7 Å². The Kier molecular flexibility index (Phi) is 6.75. The number of hydrogen-bond acceptors (Lipinski definition) is 5.